The molecule has 0 saturated carbocycles. The zero-order valence-electron chi connectivity index (χ0n) is 17.0. The first-order chi connectivity index (χ1) is 15.0. The molecule has 0 amide bonds. The second kappa shape index (κ2) is 11.6. The third-order valence-electron chi connectivity index (χ3n) is 4.71. The molecule has 0 radical (unpaired) electrons. The van der Waals surface area contributed by atoms with Gasteiger partial charge in [-0.15, -0.1) is 6.58 Å². The van der Waals surface area contributed by atoms with Crippen molar-refractivity contribution in [1.82, 2.24) is 4.90 Å². The molecule has 1 atom stereocenters. The van der Waals surface area contributed by atoms with Crippen molar-refractivity contribution >= 4 is 34.8 Å². The maximum absolute atomic E-state index is 10.5. The highest BCUT2D eigenvalue weighted by atomic mass is 35.5. The van der Waals surface area contributed by atoms with E-state index in [4.69, 9.17) is 39.5 Å². The van der Waals surface area contributed by atoms with Crippen molar-refractivity contribution in [2.24, 2.45) is 0 Å². The number of rotatable bonds is 10. The van der Waals surface area contributed by atoms with Gasteiger partial charge in [0.2, 0.25) is 0 Å². The van der Waals surface area contributed by atoms with Gasteiger partial charge in [-0.3, -0.25) is 4.90 Å². The number of hydrogen-bond acceptors (Lipinski definition) is 3. The monoisotopic (exact) mass is 475 g/mol. The summed E-state index contributed by atoms with van der Waals surface area (Å²) >= 11 is 18.5. The molecule has 0 aliphatic carbocycles. The van der Waals surface area contributed by atoms with Gasteiger partial charge in [0.1, 0.15) is 18.5 Å². The van der Waals surface area contributed by atoms with Crippen LogP contribution < -0.4 is 4.74 Å². The van der Waals surface area contributed by atoms with Gasteiger partial charge in [0.25, 0.3) is 0 Å². The SMILES string of the molecule is C=CCN(Cc1ccc(-c2ccccc2)c(Cl)c1)CC(O)COc1ccc(Cl)c(Cl)c1. The third kappa shape index (κ3) is 6.99. The fraction of sp³-hybridized carbons (Fsp3) is 0.200. The van der Waals surface area contributed by atoms with Crippen LogP contribution in [0.1, 0.15) is 5.56 Å². The van der Waals surface area contributed by atoms with Crippen molar-refractivity contribution in [3.05, 3.63) is 100 Å². The molecule has 3 aromatic rings. The Morgan fingerprint density at radius 1 is 0.935 bits per heavy atom. The fourth-order valence-electron chi connectivity index (χ4n) is 3.26. The molecular formula is C25H24Cl3NO2. The van der Waals surface area contributed by atoms with Gasteiger partial charge in [-0.05, 0) is 29.3 Å². The van der Waals surface area contributed by atoms with Crippen LogP contribution in [0, 0.1) is 0 Å². The Bertz CT molecular complexity index is 1010. The third-order valence-corrected chi connectivity index (χ3v) is 5.77. The second-order valence-electron chi connectivity index (χ2n) is 7.20. The standard InChI is InChI=1S/C25H24Cl3NO2/c1-2-12-29(16-20(30)17-31-21-9-11-23(26)25(28)14-21)15-18-8-10-22(24(27)13-18)19-6-4-3-5-7-19/h2-11,13-14,20,30H,1,12,15-17H2. The summed E-state index contributed by atoms with van der Waals surface area (Å²) in [5.74, 6) is 0.562. The first-order valence-corrected chi connectivity index (χ1v) is 11.0. The van der Waals surface area contributed by atoms with Crippen LogP contribution in [-0.4, -0.2) is 35.8 Å². The van der Waals surface area contributed by atoms with Gasteiger partial charge in [-0.2, -0.15) is 0 Å². The maximum atomic E-state index is 10.5. The molecule has 0 fully saturated rings. The summed E-state index contributed by atoms with van der Waals surface area (Å²) in [5.41, 5.74) is 3.14. The Morgan fingerprint density at radius 2 is 1.71 bits per heavy atom. The lowest BCUT2D eigenvalue weighted by Crippen LogP contribution is -2.35. The number of aliphatic hydroxyl groups excluding tert-OH is 1. The van der Waals surface area contributed by atoms with Crippen LogP contribution in [0.4, 0.5) is 0 Å². The van der Waals surface area contributed by atoms with Crippen LogP contribution >= 0.6 is 34.8 Å². The molecule has 0 aromatic heterocycles. The van der Waals surface area contributed by atoms with E-state index in [1.807, 2.05) is 48.5 Å². The number of nitrogens with zero attached hydrogens (tertiary/aromatic N) is 1. The van der Waals surface area contributed by atoms with Gasteiger partial charge < -0.3 is 9.84 Å². The lowest BCUT2D eigenvalue weighted by molar-refractivity contribution is 0.0696. The van der Waals surface area contributed by atoms with Gasteiger partial charge in [-0.1, -0.05) is 83.3 Å². The van der Waals surface area contributed by atoms with Gasteiger partial charge in [-0.25, -0.2) is 0 Å². The minimum Gasteiger partial charge on any atom is -0.491 e. The lowest BCUT2D eigenvalue weighted by Gasteiger charge is -2.24. The van der Waals surface area contributed by atoms with Crippen molar-refractivity contribution in [3.63, 3.8) is 0 Å². The molecular weight excluding hydrogens is 453 g/mol. The maximum Gasteiger partial charge on any atom is 0.121 e. The highest BCUT2D eigenvalue weighted by molar-refractivity contribution is 6.42. The molecule has 0 aliphatic rings. The average molecular weight is 477 g/mol. The Balaban J connectivity index is 1.60. The minimum absolute atomic E-state index is 0.138. The highest BCUT2D eigenvalue weighted by Gasteiger charge is 2.14. The molecule has 3 aromatic carbocycles. The van der Waals surface area contributed by atoms with Crippen molar-refractivity contribution < 1.29 is 9.84 Å². The number of benzene rings is 3. The molecule has 0 heterocycles. The Morgan fingerprint density at radius 3 is 2.39 bits per heavy atom. The van der Waals surface area contributed by atoms with Crippen LogP contribution in [0.2, 0.25) is 15.1 Å². The predicted molar refractivity (Wildman–Crippen MR) is 130 cm³/mol. The smallest absolute Gasteiger partial charge is 0.121 e. The number of aliphatic hydroxyl groups is 1. The van der Waals surface area contributed by atoms with E-state index in [0.29, 0.717) is 40.5 Å². The van der Waals surface area contributed by atoms with E-state index in [-0.39, 0.29) is 6.61 Å². The number of ether oxygens (including phenoxy) is 1. The number of halogens is 3. The van der Waals surface area contributed by atoms with E-state index in [0.717, 1.165) is 16.7 Å². The van der Waals surface area contributed by atoms with Gasteiger partial charge in [0.15, 0.2) is 0 Å². The lowest BCUT2D eigenvalue weighted by atomic mass is 10.0. The summed E-state index contributed by atoms with van der Waals surface area (Å²) in [5, 5.41) is 12.0. The average Bonchev–Trinajstić information content (AvgIpc) is 2.75. The van der Waals surface area contributed by atoms with Gasteiger partial charge in [0.05, 0.1) is 10.0 Å². The van der Waals surface area contributed by atoms with Crippen LogP contribution in [0.15, 0.2) is 79.4 Å². The molecule has 6 heteroatoms. The van der Waals surface area contributed by atoms with E-state index in [1.54, 1.807) is 18.2 Å². The molecule has 0 saturated heterocycles. The molecule has 1 unspecified atom stereocenters. The molecule has 0 aliphatic heterocycles. The summed E-state index contributed by atoms with van der Waals surface area (Å²) in [6.45, 7) is 5.64. The first kappa shape index (κ1) is 23.6. The summed E-state index contributed by atoms with van der Waals surface area (Å²) < 4.78 is 5.65. The zero-order valence-corrected chi connectivity index (χ0v) is 19.2. The van der Waals surface area contributed by atoms with E-state index in [1.165, 1.54) is 0 Å². The molecule has 0 spiro atoms. The Kier molecular flexibility index (Phi) is 8.82. The van der Waals surface area contributed by atoms with Crippen molar-refractivity contribution in [1.29, 1.82) is 0 Å². The summed E-state index contributed by atoms with van der Waals surface area (Å²) in [6, 6.07) is 21.1. The minimum atomic E-state index is -0.687. The fourth-order valence-corrected chi connectivity index (χ4v) is 3.86. The van der Waals surface area contributed by atoms with Crippen LogP contribution in [-0.2, 0) is 6.54 Å². The topological polar surface area (TPSA) is 32.7 Å². The summed E-state index contributed by atoms with van der Waals surface area (Å²) in [7, 11) is 0. The molecule has 162 valence electrons. The molecule has 31 heavy (non-hydrogen) atoms. The zero-order chi connectivity index (χ0) is 22.2. The Hall–Kier alpha value is -2.01. The Labute approximate surface area is 198 Å². The molecule has 3 rings (SSSR count). The van der Waals surface area contributed by atoms with Gasteiger partial charge in [0, 0.05) is 36.3 Å². The summed E-state index contributed by atoms with van der Waals surface area (Å²) in [6.07, 6.45) is 1.13. The second-order valence-corrected chi connectivity index (χ2v) is 8.43. The quantitative estimate of drug-likeness (QED) is 0.329. The first-order valence-electron chi connectivity index (χ1n) is 9.89. The highest BCUT2D eigenvalue weighted by Crippen LogP contribution is 2.29. The van der Waals surface area contributed by atoms with Crippen LogP contribution in [0.3, 0.4) is 0 Å². The van der Waals surface area contributed by atoms with Crippen molar-refractivity contribution in [2.75, 3.05) is 19.7 Å². The number of hydrogen-bond donors (Lipinski definition) is 1. The van der Waals surface area contributed by atoms with E-state index < -0.39 is 6.10 Å². The van der Waals surface area contributed by atoms with Crippen LogP contribution in [0.5, 0.6) is 5.75 Å². The predicted octanol–water partition coefficient (Wildman–Crippen LogP) is 6.74. The normalized spacial score (nSPS) is 12.0. The molecule has 0 bridgehead atoms. The van der Waals surface area contributed by atoms with Crippen molar-refractivity contribution in [2.45, 2.75) is 12.6 Å². The largest absolute Gasteiger partial charge is 0.491 e. The van der Waals surface area contributed by atoms with E-state index >= 15 is 0 Å². The summed E-state index contributed by atoms with van der Waals surface area (Å²) in [4.78, 5) is 2.09. The van der Waals surface area contributed by atoms with Gasteiger partial charge >= 0.3 is 0 Å². The van der Waals surface area contributed by atoms with Crippen LogP contribution in [0.25, 0.3) is 11.1 Å². The molecule has 1 N–H and O–H groups in total. The molecule has 3 nitrogen and oxygen atoms in total. The van der Waals surface area contributed by atoms with Crippen molar-refractivity contribution in [3.8, 4) is 16.9 Å². The van der Waals surface area contributed by atoms with E-state index in [2.05, 4.69) is 17.5 Å². The van der Waals surface area contributed by atoms with E-state index in [9.17, 15) is 5.11 Å².